The van der Waals surface area contributed by atoms with Crippen LogP contribution in [0.3, 0.4) is 0 Å². The van der Waals surface area contributed by atoms with E-state index in [1.165, 1.54) is 49.7 Å². The zero-order valence-electron chi connectivity index (χ0n) is 7.81. The highest BCUT2D eigenvalue weighted by Crippen LogP contribution is 2.41. The highest BCUT2D eigenvalue weighted by atomic mass is 14.3. The van der Waals surface area contributed by atoms with Gasteiger partial charge >= 0.3 is 0 Å². The van der Waals surface area contributed by atoms with E-state index in [0.29, 0.717) is 0 Å². The normalized spacial score (nSPS) is 22.3. The van der Waals surface area contributed by atoms with Crippen LogP contribution >= 0.6 is 0 Å². The minimum absolute atomic E-state index is 0.886. The molecule has 0 nitrogen and oxygen atoms in total. The van der Waals surface area contributed by atoms with Gasteiger partial charge in [-0.2, -0.15) is 0 Å². The molecule has 0 N–H and O–H groups in total. The van der Waals surface area contributed by atoms with Gasteiger partial charge in [0.05, 0.1) is 0 Å². The Morgan fingerprint density at radius 3 is 1.42 bits per heavy atom. The molecule has 0 spiro atoms. The van der Waals surface area contributed by atoms with Crippen molar-refractivity contribution in [2.75, 3.05) is 0 Å². The molecular formula is C12H18. The summed E-state index contributed by atoms with van der Waals surface area (Å²) in [6.45, 7) is 8.25. The highest BCUT2D eigenvalue weighted by Gasteiger charge is 2.27. The Morgan fingerprint density at radius 2 is 1.17 bits per heavy atom. The van der Waals surface area contributed by atoms with Crippen LogP contribution < -0.4 is 0 Å². The monoisotopic (exact) mass is 162 g/mol. The van der Waals surface area contributed by atoms with E-state index in [1.807, 2.05) is 0 Å². The Bertz CT molecular complexity index is 180. The van der Waals surface area contributed by atoms with Gasteiger partial charge in [-0.15, -0.1) is 0 Å². The topological polar surface area (TPSA) is 0 Å². The summed E-state index contributed by atoms with van der Waals surface area (Å²) in [6, 6.07) is 0. The molecule has 0 aromatic heterocycles. The lowest BCUT2D eigenvalue weighted by atomic mass is 10.0. The predicted molar refractivity (Wildman–Crippen MR) is 53.0 cm³/mol. The standard InChI is InChI=1S/C12H18/c1-9(11-5-6-11)3-4-10(2)12-7-8-12/h11-12H,1-8H2. The summed E-state index contributed by atoms with van der Waals surface area (Å²) in [4.78, 5) is 0. The molecule has 0 saturated heterocycles. The quantitative estimate of drug-likeness (QED) is 0.541. The third-order valence-electron chi connectivity index (χ3n) is 3.08. The van der Waals surface area contributed by atoms with Crippen LogP contribution in [0.15, 0.2) is 24.3 Å². The van der Waals surface area contributed by atoms with Crippen molar-refractivity contribution in [2.45, 2.75) is 38.5 Å². The third kappa shape index (κ3) is 2.00. The minimum Gasteiger partial charge on any atom is -0.0996 e. The van der Waals surface area contributed by atoms with Crippen molar-refractivity contribution in [3.63, 3.8) is 0 Å². The number of hydrogen-bond donors (Lipinski definition) is 0. The fraction of sp³-hybridized carbons (Fsp3) is 0.667. The van der Waals surface area contributed by atoms with Crippen LogP contribution in [0, 0.1) is 11.8 Å². The first-order valence-electron chi connectivity index (χ1n) is 5.12. The first-order chi connectivity index (χ1) is 5.77. The smallest absolute Gasteiger partial charge is 0.0205 e. The molecule has 0 aromatic rings. The summed E-state index contributed by atoms with van der Waals surface area (Å²) in [6.07, 6.45) is 8.01. The molecule has 0 amide bonds. The summed E-state index contributed by atoms with van der Waals surface area (Å²) < 4.78 is 0. The molecule has 0 atom stereocenters. The molecule has 0 radical (unpaired) electrons. The fourth-order valence-electron chi connectivity index (χ4n) is 1.71. The molecule has 0 heteroatoms. The zero-order chi connectivity index (χ0) is 8.55. The Hall–Kier alpha value is -0.520. The largest absolute Gasteiger partial charge is 0.0996 e. The fourth-order valence-corrected chi connectivity index (χ4v) is 1.71. The maximum absolute atomic E-state index is 4.13. The van der Waals surface area contributed by atoms with Crippen LogP contribution in [-0.2, 0) is 0 Å². The molecule has 66 valence electrons. The summed E-state index contributed by atoms with van der Waals surface area (Å²) in [5, 5.41) is 0. The Kier molecular flexibility index (Phi) is 2.08. The second-order valence-electron chi connectivity index (χ2n) is 4.37. The lowest BCUT2D eigenvalue weighted by Gasteiger charge is -2.05. The number of hydrogen-bond acceptors (Lipinski definition) is 0. The van der Waals surface area contributed by atoms with Crippen LogP contribution in [-0.4, -0.2) is 0 Å². The molecule has 12 heavy (non-hydrogen) atoms. The summed E-state index contributed by atoms with van der Waals surface area (Å²) in [5.74, 6) is 1.77. The molecule has 0 bridgehead atoms. The van der Waals surface area contributed by atoms with Gasteiger partial charge in [-0.25, -0.2) is 0 Å². The lowest BCUT2D eigenvalue weighted by molar-refractivity contribution is 0.798. The van der Waals surface area contributed by atoms with E-state index in [9.17, 15) is 0 Å². The molecule has 2 fully saturated rings. The van der Waals surface area contributed by atoms with E-state index in [2.05, 4.69) is 13.2 Å². The van der Waals surface area contributed by atoms with Crippen molar-refractivity contribution in [2.24, 2.45) is 11.8 Å². The average Bonchev–Trinajstić information content (AvgIpc) is 2.91. The van der Waals surface area contributed by atoms with Crippen LogP contribution in [0.25, 0.3) is 0 Å². The molecular weight excluding hydrogens is 144 g/mol. The van der Waals surface area contributed by atoms with Crippen LogP contribution in [0.5, 0.6) is 0 Å². The molecule has 2 aliphatic rings. The molecule has 0 heterocycles. The predicted octanol–water partition coefficient (Wildman–Crippen LogP) is 3.70. The van der Waals surface area contributed by atoms with E-state index >= 15 is 0 Å². The number of rotatable bonds is 5. The van der Waals surface area contributed by atoms with Gasteiger partial charge in [-0.05, 0) is 50.4 Å². The SMILES string of the molecule is C=C(CCC(=C)C1CC1)C1CC1. The minimum atomic E-state index is 0.886. The van der Waals surface area contributed by atoms with Gasteiger partial charge in [0.15, 0.2) is 0 Å². The van der Waals surface area contributed by atoms with Gasteiger partial charge in [0, 0.05) is 0 Å². The molecule has 2 saturated carbocycles. The first-order valence-corrected chi connectivity index (χ1v) is 5.12. The maximum atomic E-state index is 4.13. The van der Waals surface area contributed by atoms with Gasteiger partial charge in [0.25, 0.3) is 0 Å². The van der Waals surface area contributed by atoms with Gasteiger partial charge in [-0.3, -0.25) is 0 Å². The van der Waals surface area contributed by atoms with Crippen molar-refractivity contribution >= 4 is 0 Å². The van der Waals surface area contributed by atoms with Gasteiger partial charge < -0.3 is 0 Å². The highest BCUT2D eigenvalue weighted by molar-refractivity contribution is 5.13. The second-order valence-corrected chi connectivity index (χ2v) is 4.37. The van der Waals surface area contributed by atoms with E-state index in [0.717, 1.165) is 11.8 Å². The summed E-state index contributed by atoms with van der Waals surface area (Å²) in [7, 11) is 0. The van der Waals surface area contributed by atoms with Crippen molar-refractivity contribution in [3.05, 3.63) is 24.3 Å². The Labute approximate surface area is 75.4 Å². The maximum Gasteiger partial charge on any atom is -0.0205 e. The van der Waals surface area contributed by atoms with E-state index in [4.69, 9.17) is 0 Å². The molecule has 0 aliphatic heterocycles. The van der Waals surface area contributed by atoms with Gasteiger partial charge in [-0.1, -0.05) is 24.3 Å². The summed E-state index contributed by atoms with van der Waals surface area (Å²) in [5.41, 5.74) is 2.97. The van der Waals surface area contributed by atoms with Crippen LogP contribution in [0.2, 0.25) is 0 Å². The average molecular weight is 162 g/mol. The number of allylic oxidation sites excluding steroid dienone is 2. The van der Waals surface area contributed by atoms with E-state index in [1.54, 1.807) is 0 Å². The van der Waals surface area contributed by atoms with Gasteiger partial charge in [0.2, 0.25) is 0 Å². The zero-order valence-corrected chi connectivity index (χ0v) is 7.81. The molecule has 0 unspecified atom stereocenters. The Morgan fingerprint density at radius 1 is 0.833 bits per heavy atom. The molecule has 2 aliphatic carbocycles. The van der Waals surface area contributed by atoms with Crippen LogP contribution in [0.4, 0.5) is 0 Å². The van der Waals surface area contributed by atoms with Crippen molar-refractivity contribution < 1.29 is 0 Å². The van der Waals surface area contributed by atoms with E-state index < -0.39 is 0 Å². The first kappa shape index (κ1) is 8.10. The lowest BCUT2D eigenvalue weighted by Crippen LogP contribution is -1.88. The van der Waals surface area contributed by atoms with Crippen LogP contribution in [0.1, 0.15) is 38.5 Å². The second kappa shape index (κ2) is 3.08. The molecule has 0 aromatic carbocycles. The van der Waals surface area contributed by atoms with Crippen molar-refractivity contribution in [3.8, 4) is 0 Å². The van der Waals surface area contributed by atoms with Gasteiger partial charge in [0.1, 0.15) is 0 Å². The Balaban J connectivity index is 1.66. The van der Waals surface area contributed by atoms with E-state index in [-0.39, 0.29) is 0 Å². The summed E-state index contributed by atoms with van der Waals surface area (Å²) >= 11 is 0. The third-order valence-corrected chi connectivity index (χ3v) is 3.08. The van der Waals surface area contributed by atoms with Crippen molar-refractivity contribution in [1.29, 1.82) is 0 Å². The van der Waals surface area contributed by atoms with Crippen molar-refractivity contribution in [1.82, 2.24) is 0 Å². The molecule has 2 rings (SSSR count).